The molecule has 1 heterocycles. The third-order valence-electron chi connectivity index (χ3n) is 1.54. The van der Waals surface area contributed by atoms with E-state index in [0.29, 0.717) is 0 Å². The molecule has 0 bridgehead atoms. The summed E-state index contributed by atoms with van der Waals surface area (Å²) in [6, 6.07) is 6.18. The van der Waals surface area contributed by atoms with Gasteiger partial charge in [0.1, 0.15) is 0 Å². The first-order valence-electron chi connectivity index (χ1n) is 3.24. The topological polar surface area (TPSA) is 0 Å². The fraction of sp³-hybridized carbons (Fsp3) is 0. The van der Waals surface area contributed by atoms with Crippen LogP contribution < -0.4 is 0 Å². The molecule has 4 heteroatoms. The molecule has 2 aromatic rings. The van der Waals surface area contributed by atoms with Crippen LogP contribution in [-0.2, 0) is 0 Å². The molecule has 12 heavy (non-hydrogen) atoms. The number of hydrogen-bond donors (Lipinski definition) is 1. The molecule has 0 N–H and O–H groups in total. The van der Waals surface area contributed by atoms with Crippen molar-refractivity contribution in [2.75, 3.05) is 0 Å². The maximum absolute atomic E-state index is 4.30. The Kier molecular flexibility index (Phi) is 2.51. The molecule has 0 saturated carbocycles. The number of hydrogen-bond acceptors (Lipinski definition) is 2. The first-order chi connectivity index (χ1) is 5.66. The van der Waals surface area contributed by atoms with Crippen LogP contribution in [0.5, 0.6) is 0 Å². The molecule has 0 radical (unpaired) electrons. The second-order valence-electron chi connectivity index (χ2n) is 2.39. The van der Waals surface area contributed by atoms with Gasteiger partial charge in [0.15, 0.2) is 0 Å². The molecule has 2 rings (SSSR count). The van der Waals surface area contributed by atoms with Gasteiger partial charge in [-0.3, -0.25) is 0 Å². The van der Waals surface area contributed by atoms with Gasteiger partial charge in [0.05, 0.1) is 3.79 Å². The molecule has 0 atom stereocenters. The molecule has 0 aliphatic rings. The monoisotopic (exact) mass is 322 g/mol. The van der Waals surface area contributed by atoms with E-state index in [1.165, 1.54) is 10.1 Å². The Hall–Kier alpha value is 0.490. The van der Waals surface area contributed by atoms with E-state index < -0.39 is 0 Å². The predicted molar refractivity (Wildman–Crippen MR) is 64.5 cm³/mol. The van der Waals surface area contributed by atoms with E-state index in [-0.39, 0.29) is 0 Å². The molecule has 0 aliphatic carbocycles. The van der Waals surface area contributed by atoms with Gasteiger partial charge in [-0.15, -0.1) is 24.0 Å². The van der Waals surface area contributed by atoms with Crippen LogP contribution >= 0.6 is 55.8 Å². The number of thiophene rings is 1. The zero-order chi connectivity index (χ0) is 8.72. The highest BCUT2D eigenvalue weighted by molar-refractivity contribution is 9.11. The summed E-state index contributed by atoms with van der Waals surface area (Å²) >= 11 is 13.0. The predicted octanol–water partition coefficient (Wildman–Crippen LogP) is 4.72. The summed E-state index contributed by atoms with van der Waals surface area (Å²) < 4.78 is 3.50. The zero-order valence-electron chi connectivity index (χ0n) is 5.84. The standard InChI is InChI=1S/C8H4Br2S2/c9-6-1-4(11)2-7-5(6)3-8(10)12-7/h1-3,11H. The molecule has 0 spiro atoms. The van der Waals surface area contributed by atoms with Crippen molar-refractivity contribution in [3.63, 3.8) is 0 Å². The fourth-order valence-electron chi connectivity index (χ4n) is 1.05. The van der Waals surface area contributed by atoms with Crippen molar-refractivity contribution in [2.24, 2.45) is 0 Å². The Bertz CT molecular complexity index is 434. The van der Waals surface area contributed by atoms with E-state index in [9.17, 15) is 0 Å². The molecule has 62 valence electrons. The summed E-state index contributed by atoms with van der Waals surface area (Å²) in [6.45, 7) is 0. The Morgan fingerprint density at radius 2 is 1.92 bits per heavy atom. The molecule has 0 nitrogen and oxygen atoms in total. The van der Waals surface area contributed by atoms with Crippen molar-refractivity contribution >= 4 is 65.9 Å². The van der Waals surface area contributed by atoms with Crippen molar-refractivity contribution in [1.29, 1.82) is 0 Å². The van der Waals surface area contributed by atoms with Crippen molar-refractivity contribution in [2.45, 2.75) is 4.90 Å². The minimum atomic E-state index is 0.990. The van der Waals surface area contributed by atoms with E-state index in [0.717, 1.165) is 13.2 Å². The average Bonchev–Trinajstić information content (AvgIpc) is 2.29. The highest BCUT2D eigenvalue weighted by atomic mass is 79.9. The van der Waals surface area contributed by atoms with Crippen LogP contribution in [0.25, 0.3) is 10.1 Å². The van der Waals surface area contributed by atoms with Crippen molar-refractivity contribution in [1.82, 2.24) is 0 Å². The smallest absolute Gasteiger partial charge is 0.0711 e. The van der Waals surface area contributed by atoms with Gasteiger partial charge in [-0.1, -0.05) is 15.9 Å². The highest BCUT2D eigenvalue weighted by Crippen LogP contribution is 2.35. The number of thiol groups is 1. The van der Waals surface area contributed by atoms with Crippen molar-refractivity contribution < 1.29 is 0 Å². The summed E-state index contributed by atoms with van der Waals surface area (Å²) in [6.07, 6.45) is 0. The third-order valence-corrected chi connectivity index (χ3v) is 4.04. The number of rotatable bonds is 0. The van der Waals surface area contributed by atoms with Crippen LogP contribution in [0.1, 0.15) is 0 Å². The van der Waals surface area contributed by atoms with Gasteiger partial charge < -0.3 is 0 Å². The second-order valence-corrected chi connectivity index (χ2v) is 6.22. The summed E-state index contributed by atoms with van der Waals surface area (Å²) in [4.78, 5) is 0.990. The maximum Gasteiger partial charge on any atom is 0.0711 e. The van der Waals surface area contributed by atoms with Crippen molar-refractivity contribution in [3.05, 3.63) is 26.5 Å². The quantitative estimate of drug-likeness (QED) is 0.667. The minimum Gasteiger partial charge on any atom is -0.143 e. The molecule has 0 aliphatic heterocycles. The number of benzene rings is 1. The van der Waals surface area contributed by atoms with Crippen LogP contribution in [0.3, 0.4) is 0 Å². The van der Waals surface area contributed by atoms with Gasteiger partial charge in [-0.2, -0.15) is 0 Å². The second kappa shape index (κ2) is 3.33. The van der Waals surface area contributed by atoms with E-state index in [2.05, 4.69) is 56.6 Å². The normalized spacial score (nSPS) is 10.9. The molecule has 1 aromatic carbocycles. The first kappa shape index (κ1) is 9.06. The van der Waals surface area contributed by atoms with Gasteiger partial charge in [0.2, 0.25) is 0 Å². The molecule has 1 aromatic heterocycles. The lowest BCUT2D eigenvalue weighted by atomic mass is 10.3. The summed E-state index contributed by atoms with van der Waals surface area (Å²) in [7, 11) is 0. The van der Waals surface area contributed by atoms with Gasteiger partial charge in [0, 0.05) is 19.5 Å². The molecule has 0 saturated heterocycles. The summed E-state index contributed by atoms with van der Waals surface area (Å²) in [5.74, 6) is 0. The lowest BCUT2D eigenvalue weighted by Gasteiger charge is -1.94. The van der Waals surface area contributed by atoms with E-state index in [1.54, 1.807) is 11.3 Å². The molecule has 0 fully saturated rings. The first-order valence-corrected chi connectivity index (χ1v) is 6.09. The SMILES string of the molecule is Sc1cc(Br)c2cc(Br)sc2c1. The maximum atomic E-state index is 4.30. The van der Waals surface area contributed by atoms with Crippen LogP contribution in [0.15, 0.2) is 31.4 Å². The third kappa shape index (κ3) is 1.58. The van der Waals surface area contributed by atoms with Gasteiger partial charge >= 0.3 is 0 Å². The minimum absolute atomic E-state index is 0.990. The largest absolute Gasteiger partial charge is 0.143 e. The van der Waals surface area contributed by atoms with Crippen LogP contribution in [0.2, 0.25) is 0 Å². The summed E-state index contributed by atoms with van der Waals surface area (Å²) in [5, 5.41) is 1.24. The molecule has 0 amide bonds. The Morgan fingerprint density at radius 1 is 1.17 bits per heavy atom. The lowest BCUT2D eigenvalue weighted by molar-refractivity contribution is 1.52. The van der Waals surface area contributed by atoms with E-state index in [4.69, 9.17) is 0 Å². The summed E-state index contributed by atoms with van der Waals surface area (Å²) in [5.41, 5.74) is 0. The fourth-order valence-corrected chi connectivity index (χ4v) is 3.88. The zero-order valence-corrected chi connectivity index (χ0v) is 10.7. The Labute approximate surface area is 96.6 Å². The van der Waals surface area contributed by atoms with Gasteiger partial charge in [-0.25, -0.2) is 0 Å². The number of halogens is 2. The lowest BCUT2D eigenvalue weighted by Crippen LogP contribution is -1.68. The number of fused-ring (bicyclic) bond motifs is 1. The molecular weight excluding hydrogens is 320 g/mol. The van der Waals surface area contributed by atoms with Crippen LogP contribution in [-0.4, -0.2) is 0 Å². The Morgan fingerprint density at radius 3 is 2.67 bits per heavy atom. The Balaban J connectivity index is 2.88. The van der Waals surface area contributed by atoms with Crippen LogP contribution in [0, 0.1) is 0 Å². The van der Waals surface area contributed by atoms with Gasteiger partial charge in [-0.05, 0) is 34.1 Å². The molecular formula is C8H4Br2S2. The average molecular weight is 324 g/mol. The highest BCUT2D eigenvalue weighted by Gasteiger charge is 2.03. The van der Waals surface area contributed by atoms with E-state index in [1.807, 2.05) is 6.07 Å². The van der Waals surface area contributed by atoms with Gasteiger partial charge in [0.25, 0.3) is 0 Å². The van der Waals surface area contributed by atoms with Crippen molar-refractivity contribution in [3.8, 4) is 0 Å². The molecule has 0 unspecified atom stereocenters. The van der Waals surface area contributed by atoms with E-state index >= 15 is 0 Å². The van der Waals surface area contributed by atoms with Crippen LogP contribution in [0.4, 0.5) is 0 Å².